The van der Waals surface area contributed by atoms with Gasteiger partial charge in [-0.25, -0.2) is 0 Å². The monoisotopic (exact) mass is 151 g/mol. The standard InChI is InChI=1S/C10H17N/c1-4-9-6-5-8(2)7-10(9)11-3/h4-5,9-11H,1,6-7H2,2-3H3. The van der Waals surface area contributed by atoms with E-state index in [9.17, 15) is 0 Å². The molecule has 2 unspecified atom stereocenters. The molecular formula is C10H17N. The smallest absolute Gasteiger partial charge is 0.0167 e. The number of nitrogens with one attached hydrogen (secondary N) is 1. The van der Waals surface area contributed by atoms with Crippen LogP contribution in [0.15, 0.2) is 24.3 Å². The second-order valence-electron chi connectivity index (χ2n) is 3.29. The molecular weight excluding hydrogens is 134 g/mol. The molecule has 1 N–H and O–H groups in total. The molecule has 0 saturated heterocycles. The van der Waals surface area contributed by atoms with Crippen molar-refractivity contribution in [3.8, 4) is 0 Å². The van der Waals surface area contributed by atoms with Gasteiger partial charge in [-0.3, -0.25) is 0 Å². The Bertz CT molecular complexity index is 170. The van der Waals surface area contributed by atoms with Gasteiger partial charge < -0.3 is 5.32 Å². The minimum Gasteiger partial charge on any atom is -0.316 e. The third-order valence-electron chi connectivity index (χ3n) is 2.47. The van der Waals surface area contributed by atoms with Crippen LogP contribution in [-0.4, -0.2) is 13.1 Å². The molecule has 1 rings (SSSR count). The van der Waals surface area contributed by atoms with E-state index in [2.05, 4.69) is 31.0 Å². The highest BCUT2D eigenvalue weighted by atomic mass is 14.9. The molecule has 0 radical (unpaired) electrons. The van der Waals surface area contributed by atoms with Crippen LogP contribution in [0.5, 0.6) is 0 Å². The molecule has 0 bridgehead atoms. The first-order valence-corrected chi connectivity index (χ1v) is 4.23. The first kappa shape index (κ1) is 8.54. The normalized spacial score (nSPS) is 31.3. The summed E-state index contributed by atoms with van der Waals surface area (Å²) in [7, 11) is 2.03. The van der Waals surface area contributed by atoms with Gasteiger partial charge in [-0.15, -0.1) is 6.58 Å². The van der Waals surface area contributed by atoms with Crippen molar-refractivity contribution in [2.75, 3.05) is 7.05 Å². The lowest BCUT2D eigenvalue weighted by Crippen LogP contribution is -2.34. The largest absolute Gasteiger partial charge is 0.316 e. The van der Waals surface area contributed by atoms with Crippen molar-refractivity contribution in [2.45, 2.75) is 25.8 Å². The van der Waals surface area contributed by atoms with Gasteiger partial charge in [0.25, 0.3) is 0 Å². The third-order valence-corrected chi connectivity index (χ3v) is 2.47. The van der Waals surface area contributed by atoms with Crippen LogP contribution in [0.2, 0.25) is 0 Å². The molecule has 1 aliphatic carbocycles. The first-order chi connectivity index (χ1) is 5.27. The summed E-state index contributed by atoms with van der Waals surface area (Å²) in [5, 5.41) is 3.32. The Hall–Kier alpha value is -0.560. The maximum Gasteiger partial charge on any atom is 0.0167 e. The SMILES string of the molecule is C=CC1CC=C(C)CC1NC. The molecule has 0 saturated carbocycles. The average molecular weight is 151 g/mol. The number of rotatable bonds is 2. The van der Waals surface area contributed by atoms with Gasteiger partial charge in [0.05, 0.1) is 0 Å². The molecule has 0 spiro atoms. The van der Waals surface area contributed by atoms with E-state index >= 15 is 0 Å². The fourth-order valence-corrected chi connectivity index (χ4v) is 1.66. The fraction of sp³-hybridized carbons (Fsp3) is 0.600. The molecule has 1 aliphatic rings. The van der Waals surface area contributed by atoms with Crippen LogP contribution < -0.4 is 5.32 Å². The van der Waals surface area contributed by atoms with Gasteiger partial charge in [0.1, 0.15) is 0 Å². The van der Waals surface area contributed by atoms with E-state index < -0.39 is 0 Å². The van der Waals surface area contributed by atoms with Crippen molar-refractivity contribution in [1.29, 1.82) is 0 Å². The van der Waals surface area contributed by atoms with Crippen molar-refractivity contribution in [1.82, 2.24) is 5.32 Å². The lowest BCUT2D eigenvalue weighted by Gasteiger charge is -2.27. The molecule has 0 fully saturated rings. The van der Waals surface area contributed by atoms with E-state index in [-0.39, 0.29) is 0 Å². The highest BCUT2D eigenvalue weighted by molar-refractivity contribution is 5.10. The van der Waals surface area contributed by atoms with Gasteiger partial charge in [-0.2, -0.15) is 0 Å². The van der Waals surface area contributed by atoms with Crippen LogP contribution >= 0.6 is 0 Å². The highest BCUT2D eigenvalue weighted by Gasteiger charge is 2.19. The van der Waals surface area contributed by atoms with Crippen LogP contribution in [0.3, 0.4) is 0 Å². The van der Waals surface area contributed by atoms with Crippen molar-refractivity contribution >= 4 is 0 Å². The van der Waals surface area contributed by atoms with Gasteiger partial charge in [-0.05, 0) is 32.7 Å². The van der Waals surface area contributed by atoms with Gasteiger partial charge in [0.15, 0.2) is 0 Å². The maximum atomic E-state index is 3.84. The summed E-state index contributed by atoms with van der Waals surface area (Å²) < 4.78 is 0. The molecule has 2 atom stereocenters. The summed E-state index contributed by atoms with van der Waals surface area (Å²) in [6, 6.07) is 0.609. The van der Waals surface area contributed by atoms with E-state index in [1.54, 1.807) is 0 Å². The number of allylic oxidation sites excluding steroid dienone is 1. The minimum atomic E-state index is 0.609. The Morgan fingerprint density at radius 3 is 3.00 bits per heavy atom. The quantitative estimate of drug-likeness (QED) is 0.596. The summed E-state index contributed by atoms with van der Waals surface area (Å²) in [6.07, 6.45) is 6.71. The number of hydrogen-bond acceptors (Lipinski definition) is 1. The fourth-order valence-electron chi connectivity index (χ4n) is 1.66. The molecule has 0 aromatic heterocycles. The summed E-state index contributed by atoms with van der Waals surface area (Å²) >= 11 is 0. The van der Waals surface area contributed by atoms with Crippen molar-refractivity contribution in [3.63, 3.8) is 0 Å². The topological polar surface area (TPSA) is 12.0 Å². The molecule has 0 heterocycles. The van der Waals surface area contributed by atoms with Crippen LogP contribution in [0.1, 0.15) is 19.8 Å². The lowest BCUT2D eigenvalue weighted by atomic mass is 9.86. The van der Waals surface area contributed by atoms with Crippen LogP contribution in [0.4, 0.5) is 0 Å². The molecule has 1 nitrogen and oxygen atoms in total. The predicted molar refractivity (Wildman–Crippen MR) is 49.5 cm³/mol. The third kappa shape index (κ3) is 1.93. The zero-order chi connectivity index (χ0) is 8.27. The van der Waals surface area contributed by atoms with E-state index in [4.69, 9.17) is 0 Å². The summed E-state index contributed by atoms with van der Waals surface area (Å²) in [4.78, 5) is 0. The van der Waals surface area contributed by atoms with E-state index in [0.717, 1.165) is 6.42 Å². The second-order valence-corrected chi connectivity index (χ2v) is 3.29. The lowest BCUT2D eigenvalue weighted by molar-refractivity contribution is 0.417. The second kappa shape index (κ2) is 3.72. The molecule has 0 aromatic carbocycles. The highest BCUT2D eigenvalue weighted by Crippen LogP contribution is 2.23. The minimum absolute atomic E-state index is 0.609. The van der Waals surface area contributed by atoms with E-state index in [1.165, 1.54) is 12.0 Å². The Balaban J connectivity index is 2.62. The summed E-state index contributed by atoms with van der Waals surface area (Å²) in [6.45, 7) is 6.04. The van der Waals surface area contributed by atoms with Crippen molar-refractivity contribution in [3.05, 3.63) is 24.3 Å². The Kier molecular flexibility index (Phi) is 2.89. The van der Waals surface area contributed by atoms with Gasteiger partial charge in [0.2, 0.25) is 0 Å². The van der Waals surface area contributed by atoms with E-state index in [1.807, 2.05) is 7.05 Å². The van der Waals surface area contributed by atoms with Gasteiger partial charge in [0, 0.05) is 6.04 Å². The zero-order valence-corrected chi connectivity index (χ0v) is 7.43. The molecule has 62 valence electrons. The predicted octanol–water partition coefficient (Wildman–Crippen LogP) is 2.12. The van der Waals surface area contributed by atoms with Crippen molar-refractivity contribution < 1.29 is 0 Å². The van der Waals surface area contributed by atoms with Gasteiger partial charge in [-0.1, -0.05) is 17.7 Å². The van der Waals surface area contributed by atoms with Crippen molar-refractivity contribution in [2.24, 2.45) is 5.92 Å². The first-order valence-electron chi connectivity index (χ1n) is 4.23. The zero-order valence-electron chi connectivity index (χ0n) is 7.43. The maximum absolute atomic E-state index is 3.84. The van der Waals surface area contributed by atoms with Crippen LogP contribution in [0.25, 0.3) is 0 Å². The van der Waals surface area contributed by atoms with Crippen LogP contribution in [-0.2, 0) is 0 Å². The Labute approximate surface area is 69.2 Å². The molecule has 1 heteroatoms. The molecule has 0 amide bonds. The number of hydrogen-bond donors (Lipinski definition) is 1. The summed E-state index contributed by atoms with van der Waals surface area (Å²) in [5.74, 6) is 0.628. The van der Waals surface area contributed by atoms with E-state index in [0.29, 0.717) is 12.0 Å². The molecule has 0 aliphatic heterocycles. The molecule has 0 aromatic rings. The molecule has 11 heavy (non-hydrogen) atoms. The van der Waals surface area contributed by atoms with Gasteiger partial charge >= 0.3 is 0 Å². The average Bonchev–Trinajstić information content (AvgIpc) is 2.04. The summed E-state index contributed by atoms with van der Waals surface area (Å²) in [5.41, 5.74) is 1.50. The van der Waals surface area contributed by atoms with Crippen LogP contribution in [0, 0.1) is 5.92 Å². The Morgan fingerprint density at radius 2 is 2.45 bits per heavy atom. The Morgan fingerprint density at radius 1 is 1.73 bits per heavy atom.